The van der Waals surface area contributed by atoms with Gasteiger partial charge < -0.3 is 15.0 Å². The molecule has 2 rings (SSSR count). The number of nitrogens with one attached hydrogen (secondary N) is 1. The first-order chi connectivity index (χ1) is 13.6. The van der Waals surface area contributed by atoms with Crippen molar-refractivity contribution in [1.82, 2.24) is 10.2 Å². The minimum absolute atomic E-state index is 0.0530. The predicted octanol–water partition coefficient (Wildman–Crippen LogP) is 3.73. The lowest BCUT2D eigenvalue weighted by Gasteiger charge is -2.30. The highest BCUT2D eigenvalue weighted by Crippen LogP contribution is 2.21. The van der Waals surface area contributed by atoms with E-state index in [2.05, 4.69) is 5.32 Å². The largest absolute Gasteiger partial charge is 0.497 e. The first-order valence-corrected chi connectivity index (χ1v) is 10.5. The highest BCUT2D eigenvalue weighted by Gasteiger charge is 2.28. The van der Waals surface area contributed by atoms with Gasteiger partial charge in [0.15, 0.2) is 0 Å². The number of benzene rings is 2. The smallest absolute Gasteiger partial charge is 0.242 e. The Balaban J connectivity index is 2.17. The van der Waals surface area contributed by atoms with Crippen molar-refractivity contribution in [2.45, 2.75) is 37.8 Å². The number of hydrogen-bond acceptors (Lipinski definition) is 4. The predicted molar refractivity (Wildman–Crippen MR) is 113 cm³/mol. The maximum Gasteiger partial charge on any atom is 0.242 e. The lowest BCUT2D eigenvalue weighted by atomic mass is 10.1. The molecular weight excluding hydrogens is 372 g/mol. The van der Waals surface area contributed by atoms with E-state index in [9.17, 15) is 9.59 Å². The summed E-state index contributed by atoms with van der Waals surface area (Å²) < 4.78 is 5.20. The number of hydrogen-bond donors (Lipinski definition) is 1. The number of thioether (sulfide) groups is 1. The van der Waals surface area contributed by atoms with E-state index < -0.39 is 6.04 Å². The van der Waals surface area contributed by atoms with Gasteiger partial charge >= 0.3 is 0 Å². The Hall–Kier alpha value is -2.47. The Morgan fingerprint density at radius 3 is 2.32 bits per heavy atom. The van der Waals surface area contributed by atoms with Gasteiger partial charge in [-0.2, -0.15) is 0 Å². The van der Waals surface area contributed by atoms with Crippen molar-refractivity contribution in [2.75, 3.05) is 19.4 Å². The quantitative estimate of drug-likeness (QED) is 0.618. The fourth-order valence-corrected chi connectivity index (χ4v) is 3.69. The maximum absolute atomic E-state index is 13.1. The Bertz CT molecular complexity index is 750. The molecule has 2 aromatic rings. The number of carbonyl (C=O) groups is 2. The van der Waals surface area contributed by atoms with Gasteiger partial charge in [-0.15, -0.1) is 11.8 Å². The summed E-state index contributed by atoms with van der Waals surface area (Å²) in [6, 6.07) is 16.9. The van der Waals surface area contributed by atoms with Crippen LogP contribution in [0.2, 0.25) is 0 Å². The van der Waals surface area contributed by atoms with E-state index in [0.29, 0.717) is 19.5 Å². The number of likely N-dealkylation sites (N-methyl/N-ethyl adjacent to an activating group) is 1. The average molecular weight is 401 g/mol. The van der Waals surface area contributed by atoms with E-state index in [1.54, 1.807) is 12.0 Å². The molecule has 2 aromatic carbocycles. The number of ether oxygens (including phenoxy) is 1. The van der Waals surface area contributed by atoms with Gasteiger partial charge in [0.2, 0.25) is 11.8 Å². The molecule has 0 aromatic heterocycles. The van der Waals surface area contributed by atoms with E-state index in [1.807, 2.05) is 68.4 Å². The van der Waals surface area contributed by atoms with Gasteiger partial charge in [0.1, 0.15) is 11.8 Å². The Morgan fingerprint density at radius 2 is 1.75 bits per heavy atom. The Labute approximate surface area is 171 Å². The van der Waals surface area contributed by atoms with E-state index in [4.69, 9.17) is 4.74 Å². The molecule has 0 spiro atoms. The van der Waals surface area contributed by atoms with Crippen LogP contribution in [0.4, 0.5) is 0 Å². The molecule has 0 saturated heterocycles. The van der Waals surface area contributed by atoms with Crippen molar-refractivity contribution in [3.63, 3.8) is 0 Å². The summed E-state index contributed by atoms with van der Waals surface area (Å²) in [4.78, 5) is 28.3. The number of nitrogens with zero attached hydrogens (tertiary/aromatic N) is 1. The second kappa shape index (κ2) is 11.4. The zero-order valence-electron chi connectivity index (χ0n) is 16.7. The van der Waals surface area contributed by atoms with Gasteiger partial charge in [-0.1, -0.05) is 37.3 Å². The summed E-state index contributed by atoms with van der Waals surface area (Å²) in [6.07, 6.45) is 0.559. The third-order valence-electron chi connectivity index (χ3n) is 4.35. The van der Waals surface area contributed by atoms with Gasteiger partial charge in [0.05, 0.1) is 12.9 Å². The second-order valence-electron chi connectivity index (χ2n) is 6.29. The molecule has 0 aliphatic heterocycles. The fourth-order valence-electron chi connectivity index (χ4n) is 2.88. The molecule has 1 atom stereocenters. The normalized spacial score (nSPS) is 11.5. The molecule has 0 saturated carbocycles. The molecule has 0 fully saturated rings. The molecule has 150 valence electrons. The fraction of sp³-hybridized carbons (Fsp3) is 0.364. The second-order valence-corrected chi connectivity index (χ2v) is 7.34. The Kier molecular flexibility index (Phi) is 8.88. The molecule has 0 aliphatic carbocycles. The SMILES string of the molecule is CCNC(=O)[C@@H](CC)N(Cc1ccc(OC)cc1)C(=O)CSc1ccccc1. The molecule has 0 radical (unpaired) electrons. The number of methoxy groups -OCH3 is 1. The zero-order valence-corrected chi connectivity index (χ0v) is 17.5. The van der Waals surface area contributed by atoms with Crippen LogP contribution in [0, 0.1) is 0 Å². The number of rotatable bonds is 10. The molecular formula is C22H28N2O3S. The van der Waals surface area contributed by atoms with Gasteiger partial charge in [-0.05, 0) is 43.2 Å². The molecule has 5 nitrogen and oxygen atoms in total. The minimum Gasteiger partial charge on any atom is -0.497 e. The molecule has 6 heteroatoms. The first-order valence-electron chi connectivity index (χ1n) is 9.47. The molecule has 0 bridgehead atoms. The average Bonchev–Trinajstić information content (AvgIpc) is 2.73. The van der Waals surface area contributed by atoms with Crippen LogP contribution in [0.3, 0.4) is 0 Å². The van der Waals surface area contributed by atoms with Crippen LogP contribution < -0.4 is 10.1 Å². The van der Waals surface area contributed by atoms with Crippen molar-refractivity contribution in [3.8, 4) is 5.75 Å². The van der Waals surface area contributed by atoms with E-state index >= 15 is 0 Å². The monoisotopic (exact) mass is 400 g/mol. The van der Waals surface area contributed by atoms with Crippen LogP contribution in [-0.4, -0.2) is 42.2 Å². The molecule has 0 heterocycles. The molecule has 0 unspecified atom stereocenters. The van der Waals surface area contributed by atoms with Gasteiger partial charge in [-0.3, -0.25) is 9.59 Å². The summed E-state index contributed by atoms with van der Waals surface area (Å²) >= 11 is 1.48. The summed E-state index contributed by atoms with van der Waals surface area (Å²) in [7, 11) is 1.62. The van der Waals surface area contributed by atoms with Crippen LogP contribution in [0.15, 0.2) is 59.5 Å². The van der Waals surface area contributed by atoms with E-state index in [1.165, 1.54) is 11.8 Å². The van der Waals surface area contributed by atoms with Gasteiger partial charge in [0, 0.05) is 18.0 Å². The zero-order chi connectivity index (χ0) is 20.4. The Morgan fingerprint density at radius 1 is 1.07 bits per heavy atom. The summed E-state index contributed by atoms with van der Waals surface area (Å²) in [5, 5.41) is 2.85. The number of carbonyl (C=O) groups excluding carboxylic acids is 2. The first kappa shape index (κ1) is 21.8. The highest BCUT2D eigenvalue weighted by atomic mass is 32.2. The van der Waals surface area contributed by atoms with Crippen molar-refractivity contribution < 1.29 is 14.3 Å². The molecule has 0 aliphatic rings. The van der Waals surface area contributed by atoms with Crippen molar-refractivity contribution in [2.24, 2.45) is 0 Å². The van der Waals surface area contributed by atoms with E-state index in [0.717, 1.165) is 16.2 Å². The summed E-state index contributed by atoms with van der Waals surface area (Å²) in [6.45, 7) is 4.73. The van der Waals surface area contributed by atoms with Crippen molar-refractivity contribution in [1.29, 1.82) is 0 Å². The third-order valence-corrected chi connectivity index (χ3v) is 5.35. The minimum atomic E-state index is -0.495. The van der Waals surface area contributed by atoms with Crippen molar-refractivity contribution in [3.05, 3.63) is 60.2 Å². The standard InChI is InChI=1S/C22H28N2O3S/c1-4-20(22(26)23-5-2)24(15-17-11-13-18(27-3)14-12-17)21(25)16-28-19-9-7-6-8-10-19/h6-14,20H,4-5,15-16H2,1-3H3,(H,23,26)/t20-/m1/s1. The molecule has 2 amide bonds. The van der Waals surface area contributed by atoms with Crippen LogP contribution in [0.5, 0.6) is 5.75 Å². The van der Waals surface area contributed by atoms with Crippen LogP contribution in [0.1, 0.15) is 25.8 Å². The van der Waals surface area contributed by atoms with E-state index in [-0.39, 0.29) is 17.6 Å². The third kappa shape index (κ3) is 6.30. The van der Waals surface area contributed by atoms with Crippen LogP contribution in [0.25, 0.3) is 0 Å². The van der Waals surface area contributed by atoms with Crippen molar-refractivity contribution >= 4 is 23.6 Å². The summed E-state index contributed by atoms with van der Waals surface area (Å²) in [5.41, 5.74) is 0.960. The molecule has 1 N–H and O–H groups in total. The van der Waals surface area contributed by atoms with Gasteiger partial charge in [-0.25, -0.2) is 0 Å². The topological polar surface area (TPSA) is 58.6 Å². The van der Waals surface area contributed by atoms with Crippen LogP contribution >= 0.6 is 11.8 Å². The summed E-state index contributed by atoms with van der Waals surface area (Å²) in [5.74, 6) is 0.882. The van der Waals surface area contributed by atoms with Gasteiger partial charge in [0.25, 0.3) is 0 Å². The maximum atomic E-state index is 13.1. The number of amides is 2. The molecule has 28 heavy (non-hydrogen) atoms. The lowest BCUT2D eigenvalue weighted by Crippen LogP contribution is -2.49. The lowest BCUT2D eigenvalue weighted by molar-refractivity contribution is -0.139. The highest BCUT2D eigenvalue weighted by molar-refractivity contribution is 8.00. The van der Waals surface area contributed by atoms with Crippen LogP contribution in [-0.2, 0) is 16.1 Å².